The molecule has 1 saturated heterocycles. The van der Waals surface area contributed by atoms with Crippen LogP contribution < -0.4 is 5.32 Å². The van der Waals surface area contributed by atoms with Gasteiger partial charge < -0.3 is 15.2 Å². The summed E-state index contributed by atoms with van der Waals surface area (Å²) in [5.41, 5.74) is 0.863. The van der Waals surface area contributed by atoms with Crippen LogP contribution >= 0.6 is 11.6 Å². The first-order chi connectivity index (χ1) is 10.1. The summed E-state index contributed by atoms with van der Waals surface area (Å²) in [4.78, 5) is 23.6. The van der Waals surface area contributed by atoms with E-state index in [1.165, 1.54) is 0 Å². The fraction of sp³-hybridized carbons (Fsp3) is 0.333. The molecule has 1 aromatic carbocycles. The van der Waals surface area contributed by atoms with Gasteiger partial charge in [0.15, 0.2) is 0 Å². The first-order valence-electron chi connectivity index (χ1n) is 6.65. The van der Waals surface area contributed by atoms with E-state index >= 15 is 0 Å². The molecule has 21 heavy (non-hydrogen) atoms. The lowest BCUT2D eigenvalue weighted by Crippen LogP contribution is -2.42. The third-order valence-corrected chi connectivity index (χ3v) is 4.08. The van der Waals surface area contributed by atoms with Crippen LogP contribution in [0.15, 0.2) is 36.4 Å². The molecule has 0 spiro atoms. The summed E-state index contributed by atoms with van der Waals surface area (Å²) >= 11 is 5.88. The molecule has 2 aliphatic heterocycles. The van der Waals surface area contributed by atoms with Crippen LogP contribution in [0.5, 0.6) is 0 Å². The molecule has 0 saturated carbocycles. The molecule has 0 aliphatic carbocycles. The van der Waals surface area contributed by atoms with Gasteiger partial charge in [0.05, 0.1) is 18.1 Å². The van der Waals surface area contributed by atoms with Gasteiger partial charge in [0.1, 0.15) is 5.92 Å². The molecule has 0 unspecified atom stereocenters. The molecular formula is C15H14ClNO4. The fourth-order valence-electron chi connectivity index (χ4n) is 2.87. The predicted octanol–water partition coefficient (Wildman–Crippen LogP) is 1.61. The number of benzene rings is 1. The number of aliphatic carboxylic acids is 1. The van der Waals surface area contributed by atoms with Gasteiger partial charge in [-0.3, -0.25) is 9.59 Å². The molecule has 2 N–H and O–H groups in total. The minimum absolute atomic E-state index is 0.306. The molecule has 1 aromatic rings. The zero-order valence-electron chi connectivity index (χ0n) is 11.0. The van der Waals surface area contributed by atoms with Gasteiger partial charge in [0.25, 0.3) is 0 Å². The van der Waals surface area contributed by atoms with E-state index in [2.05, 4.69) is 5.32 Å². The lowest BCUT2D eigenvalue weighted by Gasteiger charge is -2.21. The second-order valence-electron chi connectivity index (χ2n) is 5.19. The van der Waals surface area contributed by atoms with Crippen LogP contribution in [0, 0.1) is 11.8 Å². The number of carbonyl (C=O) groups is 2. The number of carboxylic acids is 1. The van der Waals surface area contributed by atoms with Crippen molar-refractivity contribution in [2.45, 2.75) is 18.8 Å². The number of rotatable bonds is 4. The van der Waals surface area contributed by atoms with Gasteiger partial charge >= 0.3 is 5.97 Å². The molecule has 0 aromatic heterocycles. The Hall–Kier alpha value is -1.85. The van der Waals surface area contributed by atoms with Crippen molar-refractivity contribution in [2.24, 2.45) is 11.8 Å². The molecule has 2 aliphatic rings. The lowest BCUT2D eigenvalue weighted by molar-refractivity contribution is -0.146. The van der Waals surface area contributed by atoms with Gasteiger partial charge in [-0.25, -0.2) is 0 Å². The van der Waals surface area contributed by atoms with Gasteiger partial charge in [-0.15, -0.1) is 0 Å². The third kappa shape index (κ3) is 2.66. The smallest absolute Gasteiger partial charge is 0.310 e. The van der Waals surface area contributed by atoms with Crippen LogP contribution in [0.25, 0.3) is 0 Å². The zero-order valence-corrected chi connectivity index (χ0v) is 11.8. The van der Waals surface area contributed by atoms with Crippen LogP contribution in [0.4, 0.5) is 0 Å². The largest absolute Gasteiger partial charge is 0.481 e. The Morgan fingerprint density at radius 1 is 1.24 bits per heavy atom. The average molecular weight is 308 g/mol. The van der Waals surface area contributed by atoms with Crippen molar-refractivity contribution in [2.75, 3.05) is 0 Å². The fourth-order valence-corrected chi connectivity index (χ4v) is 3.08. The Balaban J connectivity index is 1.68. The van der Waals surface area contributed by atoms with Crippen LogP contribution in [0.1, 0.15) is 5.56 Å². The van der Waals surface area contributed by atoms with E-state index in [9.17, 15) is 14.7 Å². The standard InChI is InChI=1S/C15H14ClNO4/c16-9-3-1-2-8(6-9)7-17-14(18)12-10-4-5-11(21-10)13(12)15(19)20/h1-6,10-13H,7H2,(H,17,18)(H,19,20)/t10-,11+,12+,13+/m1/s1. The van der Waals surface area contributed by atoms with Crippen LogP contribution in [0.2, 0.25) is 5.02 Å². The summed E-state index contributed by atoms with van der Waals surface area (Å²) < 4.78 is 5.48. The van der Waals surface area contributed by atoms with E-state index in [1.807, 2.05) is 6.07 Å². The predicted molar refractivity (Wildman–Crippen MR) is 75.7 cm³/mol. The van der Waals surface area contributed by atoms with E-state index in [1.54, 1.807) is 30.4 Å². The summed E-state index contributed by atoms with van der Waals surface area (Å²) in [6, 6.07) is 7.15. The molecule has 2 bridgehead atoms. The van der Waals surface area contributed by atoms with Gasteiger partial charge in [-0.05, 0) is 17.7 Å². The number of fused-ring (bicyclic) bond motifs is 2. The Morgan fingerprint density at radius 3 is 2.62 bits per heavy atom. The van der Waals surface area contributed by atoms with E-state index in [-0.39, 0.29) is 5.91 Å². The summed E-state index contributed by atoms with van der Waals surface area (Å²) in [5.74, 6) is -2.81. The number of ether oxygens (including phenoxy) is 1. The number of carbonyl (C=O) groups excluding carboxylic acids is 1. The van der Waals surface area contributed by atoms with Gasteiger partial charge in [-0.2, -0.15) is 0 Å². The molecular weight excluding hydrogens is 294 g/mol. The third-order valence-electron chi connectivity index (χ3n) is 3.84. The van der Waals surface area contributed by atoms with E-state index < -0.39 is 30.0 Å². The van der Waals surface area contributed by atoms with E-state index in [0.29, 0.717) is 11.6 Å². The minimum Gasteiger partial charge on any atom is -0.481 e. The van der Waals surface area contributed by atoms with Crippen molar-refractivity contribution in [1.29, 1.82) is 0 Å². The van der Waals surface area contributed by atoms with Crippen molar-refractivity contribution in [3.63, 3.8) is 0 Å². The maximum absolute atomic E-state index is 12.3. The maximum Gasteiger partial charge on any atom is 0.310 e. The zero-order chi connectivity index (χ0) is 15.0. The van der Waals surface area contributed by atoms with E-state index in [4.69, 9.17) is 16.3 Å². The number of hydrogen-bond acceptors (Lipinski definition) is 3. The summed E-state index contributed by atoms with van der Waals surface area (Å²) in [7, 11) is 0. The molecule has 110 valence electrons. The highest BCUT2D eigenvalue weighted by Gasteiger charge is 2.53. The first kappa shape index (κ1) is 14.1. The normalized spacial score (nSPS) is 29.6. The second kappa shape index (κ2) is 5.50. The number of amides is 1. The highest BCUT2D eigenvalue weighted by molar-refractivity contribution is 6.30. The van der Waals surface area contributed by atoms with Gasteiger partial charge in [0, 0.05) is 11.6 Å². The average Bonchev–Trinajstić information content (AvgIpc) is 3.05. The second-order valence-corrected chi connectivity index (χ2v) is 5.62. The molecule has 4 atom stereocenters. The van der Waals surface area contributed by atoms with Crippen LogP contribution in [-0.4, -0.2) is 29.2 Å². The summed E-state index contributed by atoms with van der Waals surface area (Å²) in [6.45, 7) is 0.309. The molecule has 0 radical (unpaired) electrons. The molecule has 3 rings (SSSR count). The molecule has 6 heteroatoms. The SMILES string of the molecule is O=C(O)[C@@H]1[C@@H](C(=O)NCc2cccc(Cl)c2)[C@H]2C=C[C@@H]1O2. The van der Waals surface area contributed by atoms with Gasteiger partial charge in [0.2, 0.25) is 5.91 Å². The monoisotopic (exact) mass is 307 g/mol. The van der Waals surface area contributed by atoms with Crippen molar-refractivity contribution in [3.05, 3.63) is 47.0 Å². The number of hydrogen-bond donors (Lipinski definition) is 2. The number of nitrogens with one attached hydrogen (secondary N) is 1. The van der Waals surface area contributed by atoms with Gasteiger partial charge in [-0.1, -0.05) is 35.9 Å². The molecule has 5 nitrogen and oxygen atoms in total. The molecule has 1 amide bonds. The Morgan fingerprint density at radius 2 is 1.95 bits per heavy atom. The number of carboxylic acid groups (broad SMARTS) is 1. The highest BCUT2D eigenvalue weighted by Crippen LogP contribution is 2.39. The van der Waals surface area contributed by atoms with Crippen molar-refractivity contribution in [1.82, 2.24) is 5.32 Å². The Labute approximate surface area is 126 Å². The summed E-state index contributed by atoms with van der Waals surface area (Å²) in [6.07, 6.45) is 2.52. The molecule has 1 fully saturated rings. The highest BCUT2D eigenvalue weighted by atomic mass is 35.5. The summed E-state index contributed by atoms with van der Waals surface area (Å²) in [5, 5.41) is 12.6. The Kier molecular flexibility index (Phi) is 3.69. The van der Waals surface area contributed by atoms with Crippen LogP contribution in [-0.2, 0) is 20.9 Å². The maximum atomic E-state index is 12.3. The Bertz CT molecular complexity index is 615. The van der Waals surface area contributed by atoms with Crippen LogP contribution in [0.3, 0.4) is 0 Å². The first-order valence-corrected chi connectivity index (χ1v) is 7.03. The topological polar surface area (TPSA) is 75.6 Å². The van der Waals surface area contributed by atoms with Crippen molar-refractivity contribution >= 4 is 23.5 Å². The quantitative estimate of drug-likeness (QED) is 0.829. The lowest BCUT2D eigenvalue weighted by atomic mass is 9.82. The van der Waals surface area contributed by atoms with Crippen molar-refractivity contribution in [3.8, 4) is 0 Å². The molecule has 2 heterocycles. The number of halogens is 1. The minimum atomic E-state index is -1.00. The van der Waals surface area contributed by atoms with E-state index in [0.717, 1.165) is 5.56 Å². The van der Waals surface area contributed by atoms with Crippen molar-refractivity contribution < 1.29 is 19.4 Å².